The summed E-state index contributed by atoms with van der Waals surface area (Å²) in [5.74, 6) is 0.497. The van der Waals surface area contributed by atoms with E-state index in [0.717, 1.165) is 25.8 Å². The molecule has 2 aliphatic rings. The Hall–Kier alpha value is -1.84. The Morgan fingerprint density at radius 2 is 2.09 bits per heavy atom. The molecule has 0 bridgehead atoms. The fraction of sp³-hybridized carbons (Fsp3) is 0.556. The van der Waals surface area contributed by atoms with Crippen LogP contribution < -0.4 is 5.32 Å². The molecule has 0 unspecified atom stereocenters. The molecular formula is C18H24N2O2. The Morgan fingerprint density at radius 3 is 2.73 bits per heavy atom. The van der Waals surface area contributed by atoms with E-state index >= 15 is 0 Å². The molecule has 2 heterocycles. The molecule has 118 valence electrons. The van der Waals surface area contributed by atoms with Gasteiger partial charge in [-0.3, -0.25) is 9.59 Å². The fourth-order valence-electron chi connectivity index (χ4n) is 3.91. The van der Waals surface area contributed by atoms with Crippen molar-refractivity contribution in [2.75, 3.05) is 6.54 Å². The maximum absolute atomic E-state index is 12.8. The number of rotatable bonds is 4. The van der Waals surface area contributed by atoms with Gasteiger partial charge in [0.15, 0.2) is 0 Å². The third-order valence-corrected chi connectivity index (χ3v) is 5.01. The van der Waals surface area contributed by atoms with Crippen molar-refractivity contribution in [3.05, 3.63) is 35.9 Å². The second kappa shape index (κ2) is 6.51. The minimum atomic E-state index is -0.304. The van der Waals surface area contributed by atoms with Gasteiger partial charge < -0.3 is 10.2 Å². The van der Waals surface area contributed by atoms with E-state index < -0.39 is 0 Å². The first-order chi connectivity index (χ1) is 10.7. The highest BCUT2D eigenvalue weighted by Crippen LogP contribution is 2.34. The number of hydrogen-bond donors (Lipinski definition) is 1. The Kier molecular flexibility index (Phi) is 4.46. The highest BCUT2D eigenvalue weighted by Gasteiger charge is 2.39. The molecule has 0 radical (unpaired) electrons. The summed E-state index contributed by atoms with van der Waals surface area (Å²) in [6.45, 7) is 3.01. The average molecular weight is 300 g/mol. The minimum absolute atomic E-state index is 0.00389. The van der Waals surface area contributed by atoms with E-state index in [9.17, 15) is 9.59 Å². The number of hydrogen-bond acceptors (Lipinski definition) is 2. The number of carbonyl (C=O) groups is 2. The highest BCUT2D eigenvalue weighted by molar-refractivity contribution is 5.91. The van der Waals surface area contributed by atoms with Crippen LogP contribution in [0.2, 0.25) is 0 Å². The summed E-state index contributed by atoms with van der Waals surface area (Å²) >= 11 is 0. The predicted octanol–water partition coefficient (Wildman–Crippen LogP) is 2.45. The topological polar surface area (TPSA) is 49.4 Å². The van der Waals surface area contributed by atoms with E-state index in [1.807, 2.05) is 11.0 Å². The lowest BCUT2D eigenvalue weighted by Gasteiger charge is -2.33. The SMILES string of the molecule is CC[C@H](c1ccccc1)[C@@H]1CCCN1C(=O)[C@@H]1CCC(=O)N1. The van der Waals surface area contributed by atoms with Gasteiger partial charge in [-0.25, -0.2) is 0 Å². The lowest BCUT2D eigenvalue weighted by Crippen LogP contribution is -2.48. The molecule has 1 N–H and O–H groups in total. The van der Waals surface area contributed by atoms with Crippen LogP contribution in [-0.4, -0.2) is 35.3 Å². The van der Waals surface area contributed by atoms with Crippen LogP contribution in [-0.2, 0) is 9.59 Å². The molecule has 3 rings (SSSR count). The summed E-state index contributed by atoms with van der Waals surface area (Å²) in [5, 5.41) is 2.82. The van der Waals surface area contributed by atoms with Gasteiger partial charge in [0.1, 0.15) is 6.04 Å². The van der Waals surface area contributed by atoms with Crippen molar-refractivity contribution in [2.24, 2.45) is 0 Å². The smallest absolute Gasteiger partial charge is 0.245 e. The van der Waals surface area contributed by atoms with Gasteiger partial charge in [-0.15, -0.1) is 0 Å². The van der Waals surface area contributed by atoms with Gasteiger partial charge >= 0.3 is 0 Å². The van der Waals surface area contributed by atoms with E-state index in [4.69, 9.17) is 0 Å². The Balaban J connectivity index is 1.77. The van der Waals surface area contributed by atoms with Crippen LogP contribution in [0.15, 0.2) is 30.3 Å². The maximum atomic E-state index is 12.8. The molecule has 0 aliphatic carbocycles. The molecule has 1 aromatic rings. The molecule has 0 spiro atoms. The monoisotopic (exact) mass is 300 g/mol. The molecule has 3 atom stereocenters. The van der Waals surface area contributed by atoms with Crippen LogP contribution in [0, 0.1) is 0 Å². The molecule has 2 amide bonds. The van der Waals surface area contributed by atoms with Crippen LogP contribution in [0.25, 0.3) is 0 Å². The van der Waals surface area contributed by atoms with Crippen LogP contribution in [0.1, 0.15) is 50.5 Å². The van der Waals surface area contributed by atoms with Gasteiger partial charge in [-0.1, -0.05) is 37.3 Å². The lowest BCUT2D eigenvalue weighted by atomic mass is 9.87. The van der Waals surface area contributed by atoms with Crippen molar-refractivity contribution >= 4 is 11.8 Å². The van der Waals surface area contributed by atoms with E-state index in [2.05, 4.69) is 36.5 Å². The third kappa shape index (κ3) is 2.87. The van der Waals surface area contributed by atoms with Gasteiger partial charge in [0.05, 0.1) is 0 Å². The summed E-state index contributed by atoms with van der Waals surface area (Å²) in [4.78, 5) is 26.2. The van der Waals surface area contributed by atoms with Crippen molar-refractivity contribution in [3.8, 4) is 0 Å². The zero-order valence-corrected chi connectivity index (χ0v) is 13.1. The number of likely N-dealkylation sites (tertiary alicyclic amines) is 1. The summed E-state index contributed by atoms with van der Waals surface area (Å²) in [7, 11) is 0. The molecular weight excluding hydrogens is 276 g/mol. The maximum Gasteiger partial charge on any atom is 0.245 e. The number of nitrogens with one attached hydrogen (secondary N) is 1. The van der Waals surface area contributed by atoms with Crippen LogP contribution in [0.5, 0.6) is 0 Å². The molecule has 4 heteroatoms. The van der Waals surface area contributed by atoms with E-state index in [1.54, 1.807) is 0 Å². The standard InChI is InChI=1S/C18H24N2O2/c1-2-14(13-7-4-3-5-8-13)16-9-6-12-20(16)18(22)15-10-11-17(21)19-15/h3-5,7-8,14-16H,2,6,9-12H2,1H3,(H,19,21)/t14-,15+,16+/m1/s1. The van der Waals surface area contributed by atoms with Gasteiger partial charge in [0.2, 0.25) is 11.8 Å². The molecule has 0 aromatic heterocycles. The molecule has 2 aliphatic heterocycles. The Morgan fingerprint density at radius 1 is 1.32 bits per heavy atom. The molecule has 2 fully saturated rings. The van der Waals surface area contributed by atoms with Crippen LogP contribution in [0.4, 0.5) is 0 Å². The molecule has 0 saturated carbocycles. The summed E-state index contributed by atoms with van der Waals surface area (Å²) in [6, 6.07) is 10.4. The van der Waals surface area contributed by atoms with E-state index in [1.165, 1.54) is 5.56 Å². The quantitative estimate of drug-likeness (QED) is 0.928. The zero-order valence-electron chi connectivity index (χ0n) is 13.1. The normalized spacial score (nSPS) is 26.0. The second-order valence-electron chi connectivity index (χ2n) is 6.33. The van der Waals surface area contributed by atoms with Crippen molar-refractivity contribution in [2.45, 2.75) is 57.0 Å². The summed E-state index contributed by atoms with van der Waals surface area (Å²) in [5.41, 5.74) is 1.31. The summed E-state index contributed by atoms with van der Waals surface area (Å²) in [6.07, 6.45) is 4.25. The minimum Gasteiger partial charge on any atom is -0.344 e. The first kappa shape index (κ1) is 15.1. The van der Waals surface area contributed by atoms with Gasteiger partial charge in [-0.2, -0.15) is 0 Å². The Labute approximate surface area is 131 Å². The highest BCUT2D eigenvalue weighted by atomic mass is 16.2. The van der Waals surface area contributed by atoms with Gasteiger partial charge in [0.25, 0.3) is 0 Å². The third-order valence-electron chi connectivity index (χ3n) is 5.01. The van der Waals surface area contributed by atoms with Crippen LogP contribution in [0.3, 0.4) is 0 Å². The fourth-order valence-corrected chi connectivity index (χ4v) is 3.91. The number of amides is 2. The molecule has 4 nitrogen and oxygen atoms in total. The number of nitrogens with zero attached hydrogens (tertiary/aromatic N) is 1. The van der Waals surface area contributed by atoms with E-state index in [-0.39, 0.29) is 23.9 Å². The van der Waals surface area contributed by atoms with Crippen molar-refractivity contribution in [1.29, 1.82) is 0 Å². The first-order valence-electron chi connectivity index (χ1n) is 8.35. The van der Waals surface area contributed by atoms with Crippen molar-refractivity contribution in [1.82, 2.24) is 10.2 Å². The zero-order chi connectivity index (χ0) is 15.5. The molecule has 22 heavy (non-hydrogen) atoms. The predicted molar refractivity (Wildman–Crippen MR) is 85.4 cm³/mol. The second-order valence-corrected chi connectivity index (χ2v) is 6.33. The van der Waals surface area contributed by atoms with Crippen LogP contribution >= 0.6 is 0 Å². The van der Waals surface area contributed by atoms with Gasteiger partial charge in [-0.05, 0) is 31.2 Å². The number of benzene rings is 1. The van der Waals surface area contributed by atoms with E-state index in [0.29, 0.717) is 18.8 Å². The number of carbonyl (C=O) groups excluding carboxylic acids is 2. The van der Waals surface area contributed by atoms with Crippen molar-refractivity contribution in [3.63, 3.8) is 0 Å². The molecule has 1 aromatic carbocycles. The molecule has 2 saturated heterocycles. The first-order valence-corrected chi connectivity index (χ1v) is 8.35. The largest absolute Gasteiger partial charge is 0.344 e. The van der Waals surface area contributed by atoms with Crippen molar-refractivity contribution < 1.29 is 9.59 Å². The van der Waals surface area contributed by atoms with Gasteiger partial charge in [0, 0.05) is 24.9 Å². The Bertz CT molecular complexity index is 543. The average Bonchev–Trinajstić information content (AvgIpc) is 3.18. The summed E-state index contributed by atoms with van der Waals surface area (Å²) < 4.78 is 0. The lowest BCUT2D eigenvalue weighted by molar-refractivity contribution is -0.135.